The van der Waals surface area contributed by atoms with Crippen LogP contribution in [0.2, 0.25) is 0 Å². The second-order valence-electron chi connectivity index (χ2n) is 7.00. The van der Waals surface area contributed by atoms with E-state index in [0.717, 1.165) is 49.1 Å². The minimum atomic E-state index is -0.315. The van der Waals surface area contributed by atoms with Crippen molar-refractivity contribution in [2.24, 2.45) is 0 Å². The van der Waals surface area contributed by atoms with Crippen LogP contribution >= 0.6 is 11.3 Å². The zero-order chi connectivity index (χ0) is 19.4. The van der Waals surface area contributed by atoms with Gasteiger partial charge in [0, 0.05) is 23.5 Å². The normalized spacial score (nSPS) is 13.3. The van der Waals surface area contributed by atoms with Crippen LogP contribution in [-0.4, -0.2) is 28.3 Å². The summed E-state index contributed by atoms with van der Waals surface area (Å²) < 4.78 is 7.21. The molecule has 2 heterocycles. The molecule has 1 amide bonds. The van der Waals surface area contributed by atoms with Gasteiger partial charge in [-0.25, -0.2) is 4.79 Å². The maximum atomic E-state index is 12.6. The Kier molecular flexibility index (Phi) is 6.31. The van der Waals surface area contributed by atoms with E-state index in [9.17, 15) is 9.59 Å². The number of rotatable bonds is 7. The quantitative estimate of drug-likeness (QED) is 0.726. The molecule has 1 N–H and O–H groups in total. The highest BCUT2D eigenvalue weighted by Crippen LogP contribution is 2.38. The molecule has 146 valence electrons. The molecule has 0 radical (unpaired) electrons. The SMILES string of the molecule is CCCOC(=O)c1c(NC(=O)CCn2nc(C)cc2C)sc2c1CCCC2. The topological polar surface area (TPSA) is 73.2 Å². The Labute approximate surface area is 163 Å². The number of fused-ring (bicyclic) bond motifs is 1. The average Bonchev–Trinajstić information content (AvgIpc) is 3.16. The van der Waals surface area contributed by atoms with Crippen LogP contribution < -0.4 is 5.32 Å². The van der Waals surface area contributed by atoms with E-state index >= 15 is 0 Å². The fraction of sp³-hybridized carbons (Fsp3) is 0.550. The smallest absolute Gasteiger partial charge is 0.341 e. The summed E-state index contributed by atoms with van der Waals surface area (Å²) in [5.41, 5.74) is 3.62. The van der Waals surface area contributed by atoms with E-state index in [1.807, 2.05) is 31.5 Å². The summed E-state index contributed by atoms with van der Waals surface area (Å²) in [6.07, 6.45) is 5.14. The molecule has 0 spiro atoms. The Morgan fingerprint density at radius 3 is 2.78 bits per heavy atom. The number of hydrogen-bond acceptors (Lipinski definition) is 5. The number of hydrogen-bond donors (Lipinski definition) is 1. The lowest BCUT2D eigenvalue weighted by molar-refractivity contribution is -0.116. The molecule has 27 heavy (non-hydrogen) atoms. The number of amides is 1. The number of ether oxygens (including phenoxy) is 1. The molecule has 0 saturated heterocycles. The number of anilines is 1. The first-order valence-electron chi connectivity index (χ1n) is 9.62. The monoisotopic (exact) mass is 389 g/mol. The number of aromatic nitrogens is 2. The average molecular weight is 390 g/mol. The molecule has 0 bridgehead atoms. The Morgan fingerprint density at radius 2 is 2.07 bits per heavy atom. The molecule has 2 aromatic rings. The highest BCUT2D eigenvalue weighted by molar-refractivity contribution is 7.17. The number of nitrogens with one attached hydrogen (secondary N) is 1. The molecule has 6 nitrogen and oxygen atoms in total. The Hall–Kier alpha value is -2.15. The Balaban J connectivity index is 1.73. The summed E-state index contributed by atoms with van der Waals surface area (Å²) in [4.78, 5) is 26.3. The number of aryl methyl sites for hydroxylation is 4. The molecule has 0 aliphatic heterocycles. The third kappa shape index (κ3) is 4.58. The highest BCUT2D eigenvalue weighted by Gasteiger charge is 2.27. The zero-order valence-electron chi connectivity index (χ0n) is 16.3. The number of esters is 1. The summed E-state index contributed by atoms with van der Waals surface area (Å²) in [5, 5.41) is 7.99. The lowest BCUT2D eigenvalue weighted by atomic mass is 9.95. The van der Waals surface area contributed by atoms with Crippen LogP contribution in [0, 0.1) is 13.8 Å². The molecule has 7 heteroatoms. The Bertz CT molecular complexity index is 838. The first kappa shape index (κ1) is 19.6. The van der Waals surface area contributed by atoms with Crippen molar-refractivity contribution >= 4 is 28.2 Å². The summed E-state index contributed by atoms with van der Waals surface area (Å²) in [6.45, 7) is 6.81. The van der Waals surface area contributed by atoms with Gasteiger partial charge in [-0.2, -0.15) is 5.10 Å². The standard InChI is InChI=1S/C20H27N3O3S/c1-4-11-26-20(25)18-15-7-5-6-8-16(15)27-19(18)21-17(24)9-10-23-14(3)12-13(2)22-23/h12H,4-11H2,1-3H3,(H,21,24). The molecule has 0 saturated carbocycles. The van der Waals surface area contributed by atoms with Crippen LogP contribution in [0.5, 0.6) is 0 Å². The lowest BCUT2D eigenvalue weighted by Gasteiger charge is -2.12. The van der Waals surface area contributed by atoms with Crippen LogP contribution in [-0.2, 0) is 28.9 Å². The molecule has 2 aromatic heterocycles. The molecule has 0 unspecified atom stereocenters. The number of carbonyl (C=O) groups is 2. The van der Waals surface area contributed by atoms with E-state index in [4.69, 9.17) is 4.74 Å². The maximum Gasteiger partial charge on any atom is 0.341 e. The van der Waals surface area contributed by atoms with E-state index in [2.05, 4.69) is 10.4 Å². The van der Waals surface area contributed by atoms with E-state index in [0.29, 0.717) is 30.1 Å². The zero-order valence-corrected chi connectivity index (χ0v) is 17.1. The summed E-state index contributed by atoms with van der Waals surface area (Å²) in [6, 6.07) is 1.99. The third-order valence-electron chi connectivity index (χ3n) is 4.72. The maximum absolute atomic E-state index is 12.6. The van der Waals surface area contributed by atoms with E-state index < -0.39 is 0 Å². The fourth-order valence-electron chi connectivity index (χ4n) is 3.43. The van der Waals surface area contributed by atoms with E-state index in [1.165, 1.54) is 16.2 Å². The summed E-state index contributed by atoms with van der Waals surface area (Å²) in [5.74, 6) is -0.421. The third-order valence-corrected chi connectivity index (χ3v) is 5.93. The molecular weight excluding hydrogens is 362 g/mol. The van der Waals surface area contributed by atoms with Crippen LogP contribution in [0.3, 0.4) is 0 Å². The largest absolute Gasteiger partial charge is 0.462 e. The van der Waals surface area contributed by atoms with Crippen molar-refractivity contribution in [3.63, 3.8) is 0 Å². The van der Waals surface area contributed by atoms with Crippen LogP contribution in [0.25, 0.3) is 0 Å². The molecule has 1 aliphatic carbocycles. The van der Waals surface area contributed by atoms with Gasteiger partial charge in [0.2, 0.25) is 5.91 Å². The molecule has 0 aromatic carbocycles. The first-order valence-corrected chi connectivity index (χ1v) is 10.4. The van der Waals surface area contributed by atoms with Gasteiger partial charge < -0.3 is 10.1 Å². The minimum absolute atomic E-state index is 0.106. The van der Waals surface area contributed by atoms with Gasteiger partial charge in [-0.15, -0.1) is 11.3 Å². The summed E-state index contributed by atoms with van der Waals surface area (Å²) in [7, 11) is 0. The second kappa shape index (κ2) is 8.69. The van der Waals surface area contributed by atoms with Gasteiger partial charge in [-0.3, -0.25) is 9.48 Å². The van der Waals surface area contributed by atoms with Crippen molar-refractivity contribution in [1.29, 1.82) is 0 Å². The summed E-state index contributed by atoms with van der Waals surface area (Å²) >= 11 is 1.53. The van der Waals surface area contributed by atoms with E-state index in [-0.39, 0.29) is 11.9 Å². The number of thiophene rings is 1. The highest BCUT2D eigenvalue weighted by atomic mass is 32.1. The predicted octanol–water partition coefficient (Wildman–Crippen LogP) is 4.04. The van der Waals surface area contributed by atoms with Crippen molar-refractivity contribution < 1.29 is 14.3 Å². The molecule has 1 aliphatic rings. The predicted molar refractivity (Wildman–Crippen MR) is 106 cm³/mol. The van der Waals surface area contributed by atoms with Crippen LogP contribution in [0.1, 0.15) is 64.8 Å². The van der Waals surface area contributed by atoms with Crippen molar-refractivity contribution in [2.75, 3.05) is 11.9 Å². The molecule has 0 atom stereocenters. The Morgan fingerprint density at radius 1 is 1.30 bits per heavy atom. The molecule has 3 rings (SSSR count). The van der Waals surface area contributed by atoms with Gasteiger partial charge >= 0.3 is 5.97 Å². The van der Waals surface area contributed by atoms with Crippen molar-refractivity contribution in [1.82, 2.24) is 9.78 Å². The van der Waals surface area contributed by atoms with Gasteiger partial charge in [-0.1, -0.05) is 6.92 Å². The van der Waals surface area contributed by atoms with Gasteiger partial charge in [-0.05, 0) is 57.6 Å². The minimum Gasteiger partial charge on any atom is -0.462 e. The van der Waals surface area contributed by atoms with Gasteiger partial charge in [0.05, 0.1) is 17.9 Å². The van der Waals surface area contributed by atoms with Crippen LogP contribution in [0.15, 0.2) is 6.07 Å². The molecular formula is C20H27N3O3S. The van der Waals surface area contributed by atoms with E-state index in [1.54, 1.807) is 0 Å². The lowest BCUT2D eigenvalue weighted by Crippen LogP contribution is -2.18. The van der Waals surface area contributed by atoms with Crippen molar-refractivity contribution in [2.45, 2.75) is 65.8 Å². The van der Waals surface area contributed by atoms with Gasteiger partial charge in [0.25, 0.3) is 0 Å². The van der Waals surface area contributed by atoms with Gasteiger partial charge in [0.15, 0.2) is 0 Å². The first-order chi connectivity index (χ1) is 13.0. The van der Waals surface area contributed by atoms with Crippen molar-refractivity contribution in [3.8, 4) is 0 Å². The second-order valence-corrected chi connectivity index (χ2v) is 8.10. The fourth-order valence-corrected chi connectivity index (χ4v) is 4.73. The number of nitrogens with zero attached hydrogens (tertiary/aromatic N) is 2. The van der Waals surface area contributed by atoms with Crippen LogP contribution in [0.4, 0.5) is 5.00 Å². The van der Waals surface area contributed by atoms with Gasteiger partial charge in [0.1, 0.15) is 5.00 Å². The number of carbonyl (C=O) groups excluding carboxylic acids is 2. The molecule has 0 fully saturated rings. The van der Waals surface area contributed by atoms with Crippen molar-refractivity contribution in [3.05, 3.63) is 33.5 Å².